The zero-order valence-electron chi connectivity index (χ0n) is 11.0. The van der Waals surface area contributed by atoms with Crippen LogP contribution < -0.4 is 4.72 Å². The Balaban J connectivity index is 2.40. The first-order valence-electron chi connectivity index (χ1n) is 5.88. The molecule has 0 bridgehead atoms. The van der Waals surface area contributed by atoms with E-state index in [4.69, 9.17) is 0 Å². The standard InChI is InChI=1S/C14H14BrNO3S/c1-9-3-4-10(2)14(7-9)20(18,19)16-11-5-6-13(17)12(15)8-11/h3-8,16-17H,1-2H3. The molecule has 2 N–H and O–H groups in total. The minimum atomic E-state index is -3.65. The Kier molecular flexibility index (Phi) is 4.06. The van der Waals surface area contributed by atoms with Crippen molar-refractivity contribution < 1.29 is 13.5 Å². The maximum atomic E-state index is 12.4. The van der Waals surface area contributed by atoms with Crippen molar-refractivity contribution in [2.75, 3.05) is 4.72 Å². The Morgan fingerprint density at radius 1 is 1.10 bits per heavy atom. The van der Waals surface area contributed by atoms with Gasteiger partial charge in [-0.3, -0.25) is 4.72 Å². The van der Waals surface area contributed by atoms with Crippen molar-refractivity contribution in [2.24, 2.45) is 0 Å². The van der Waals surface area contributed by atoms with Crippen LogP contribution in [0, 0.1) is 13.8 Å². The zero-order valence-corrected chi connectivity index (χ0v) is 13.4. The van der Waals surface area contributed by atoms with Crippen LogP contribution in [0.15, 0.2) is 45.8 Å². The van der Waals surface area contributed by atoms with Crippen LogP contribution in [-0.4, -0.2) is 13.5 Å². The molecule has 0 heterocycles. The third kappa shape index (κ3) is 3.13. The van der Waals surface area contributed by atoms with E-state index in [1.54, 1.807) is 19.1 Å². The van der Waals surface area contributed by atoms with E-state index in [0.29, 0.717) is 15.7 Å². The second kappa shape index (κ2) is 5.46. The number of sulfonamides is 1. The molecule has 0 aliphatic heterocycles. The molecule has 0 radical (unpaired) electrons. The summed E-state index contributed by atoms with van der Waals surface area (Å²) in [7, 11) is -3.65. The summed E-state index contributed by atoms with van der Waals surface area (Å²) < 4.78 is 27.7. The molecule has 2 aromatic carbocycles. The van der Waals surface area contributed by atoms with Crippen LogP contribution in [0.3, 0.4) is 0 Å². The Morgan fingerprint density at radius 3 is 2.45 bits per heavy atom. The number of anilines is 1. The number of nitrogens with one attached hydrogen (secondary N) is 1. The van der Waals surface area contributed by atoms with Crippen molar-refractivity contribution in [3.05, 3.63) is 52.0 Å². The lowest BCUT2D eigenvalue weighted by Crippen LogP contribution is -2.14. The number of hydrogen-bond donors (Lipinski definition) is 2. The van der Waals surface area contributed by atoms with Crippen LogP contribution in [0.25, 0.3) is 0 Å². The van der Waals surface area contributed by atoms with Gasteiger partial charge in [0.15, 0.2) is 0 Å². The molecule has 0 fully saturated rings. The number of rotatable bonds is 3. The summed E-state index contributed by atoms with van der Waals surface area (Å²) >= 11 is 3.15. The average molecular weight is 356 g/mol. The summed E-state index contributed by atoms with van der Waals surface area (Å²) in [5.41, 5.74) is 1.94. The van der Waals surface area contributed by atoms with E-state index in [0.717, 1.165) is 5.56 Å². The largest absolute Gasteiger partial charge is 0.507 e. The molecular weight excluding hydrogens is 342 g/mol. The predicted molar refractivity (Wildman–Crippen MR) is 82.5 cm³/mol. The highest BCUT2D eigenvalue weighted by molar-refractivity contribution is 9.10. The first kappa shape index (κ1) is 14.9. The van der Waals surface area contributed by atoms with E-state index in [1.165, 1.54) is 18.2 Å². The quantitative estimate of drug-likeness (QED) is 0.827. The molecule has 20 heavy (non-hydrogen) atoms. The summed E-state index contributed by atoms with van der Waals surface area (Å²) in [6.07, 6.45) is 0. The topological polar surface area (TPSA) is 66.4 Å². The number of aromatic hydroxyl groups is 1. The SMILES string of the molecule is Cc1ccc(C)c(S(=O)(=O)Nc2ccc(O)c(Br)c2)c1. The maximum absolute atomic E-state index is 12.4. The molecule has 0 unspecified atom stereocenters. The van der Waals surface area contributed by atoms with E-state index >= 15 is 0 Å². The minimum absolute atomic E-state index is 0.0553. The Bertz CT molecular complexity index is 757. The Labute approximate surface area is 126 Å². The van der Waals surface area contributed by atoms with Gasteiger partial charge in [-0.05, 0) is 65.2 Å². The number of aryl methyl sites for hydroxylation is 2. The normalized spacial score (nSPS) is 11.3. The number of phenols is 1. The van der Waals surface area contributed by atoms with Crippen molar-refractivity contribution in [3.63, 3.8) is 0 Å². The zero-order chi connectivity index (χ0) is 14.9. The van der Waals surface area contributed by atoms with E-state index in [9.17, 15) is 13.5 Å². The monoisotopic (exact) mass is 355 g/mol. The van der Waals surface area contributed by atoms with Gasteiger partial charge in [0.05, 0.1) is 15.1 Å². The second-order valence-corrected chi connectivity index (χ2v) is 7.05. The predicted octanol–water partition coefficient (Wildman–Crippen LogP) is 3.57. The Morgan fingerprint density at radius 2 is 1.80 bits per heavy atom. The highest BCUT2D eigenvalue weighted by Crippen LogP contribution is 2.28. The van der Waals surface area contributed by atoms with Gasteiger partial charge in [0.2, 0.25) is 0 Å². The number of phenolic OH excluding ortho intramolecular Hbond substituents is 1. The van der Waals surface area contributed by atoms with Crippen LogP contribution in [0.4, 0.5) is 5.69 Å². The molecule has 0 atom stereocenters. The van der Waals surface area contributed by atoms with Crippen molar-refractivity contribution in [1.82, 2.24) is 0 Å². The minimum Gasteiger partial charge on any atom is -0.507 e. The smallest absolute Gasteiger partial charge is 0.262 e. The highest BCUT2D eigenvalue weighted by atomic mass is 79.9. The van der Waals surface area contributed by atoms with Gasteiger partial charge >= 0.3 is 0 Å². The lowest BCUT2D eigenvalue weighted by atomic mass is 10.2. The molecule has 106 valence electrons. The molecule has 0 amide bonds. The number of hydrogen-bond acceptors (Lipinski definition) is 3. The summed E-state index contributed by atoms with van der Waals surface area (Å²) in [5.74, 6) is 0.0553. The Hall–Kier alpha value is -1.53. The summed E-state index contributed by atoms with van der Waals surface area (Å²) in [4.78, 5) is 0.252. The van der Waals surface area contributed by atoms with E-state index < -0.39 is 10.0 Å². The van der Waals surface area contributed by atoms with Crippen LogP contribution in [0.1, 0.15) is 11.1 Å². The van der Waals surface area contributed by atoms with Crippen molar-refractivity contribution >= 4 is 31.6 Å². The molecule has 0 aliphatic rings. The summed E-state index contributed by atoms with van der Waals surface area (Å²) in [5, 5.41) is 9.42. The molecule has 0 aromatic heterocycles. The molecule has 2 aromatic rings. The summed E-state index contributed by atoms with van der Waals surface area (Å²) in [6, 6.07) is 9.71. The molecule has 0 spiro atoms. The van der Waals surface area contributed by atoms with Crippen LogP contribution in [0.2, 0.25) is 0 Å². The van der Waals surface area contributed by atoms with Gasteiger partial charge in [0, 0.05) is 0 Å². The van der Waals surface area contributed by atoms with Crippen LogP contribution in [-0.2, 0) is 10.0 Å². The third-order valence-corrected chi connectivity index (χ3v) is 4.99. The van der Waals surface area contributed by atoms with Crippen molar-refractivity contribution in [3.8, 4) is 5.75 Å². The summed E-state index contributed by atoms with van der Waals surface area (Å²) in [6.45, 7) is 3.59. The molecule has 0 saturated heterocycles. The van der Waals surface area contributed by atoms with Gasteiger partial charge in [-0.2, -0.15) is 0 Å². The van der Waals surface area contributed by atoms with Crippen LogP contribution in [0.5, 0.6) is 5.75 Å². The van der Waals surface area contributed by atoms with Gasteiger partial charge in [0.1, 0.15) is 5.75 Å². The molecular formula is C14H14BrNO3S. The molecule has 6 heteroatoms. The van der Waals surface area contributed by atoms with Crippen molar-refractivity contribution in [2.45, 2.75) is 18.7 Å². The van der Waals surface area contributed by atoms with E-state index in [2.05, 4.69) is 20.7 Å². The van der Waals surface area contributed by atoms with E-state index in [1.807, 2.05) is 13.0 Å². The molecule has 0 aliphatic carbocycles. The van der Waals surface area contributed by atoms with Gasteiger partial charge in [-0.15, -0.1) is 0 Å². The lowest BCUT2D eigenvalue weighted by molar-refractivity contribution is 0.472. The van der Waals surface area contributed by atoms with Gasteiger partial charge < -0.3 is 5.11 Å². The van der Waals surface area contributed by atoms with Gasteiger partial charge in [-0.1, -0.05) is 12.1 Å². The average Bonchev–Trinajstić information content (AvgIpc) is 2.36. The number of halogens is 1. The first-order chi connectivity index (χ1) is 9.29. The number of benzene rings is 2. The third-order valence-electron chi connectivity index (χ3n) is 2.83. The maximum Gasteiger partial charge on any atom is 0.262 e. The van der Waals surface area contributed by atoms with Gasteiger partial charge in [0.25, 0.3) is 10.0 Å². The second-order valence-electron chi connectivity index (χ2n) is 4.54. The van der Waals surface area contributed by atoms with Gasteiger partial charge in [-0.25, -0.2) is 8.42 Å². The van der Waals surface area contributed by atoms with E-state index in [-0.39, 0.29) is 10.6 Å². The van der Waals surface area contributed by atoms with Crippen LogP contribution >= 0.6 is 15.9 Å². The lowest BCUT2D eigenvalue weighted by Gasteiger charge is -2.11. The molecule has 2 rings (SSSR count). The molecule has 0 saturated carbocycles. The fraction of sp³-hybridized carbons (Fsp3) is 0.143. The molecule has 4 nitrogen and oxygen atoms in total. The first-order valence-corrected chi connectivity index (χ1v) is 8.16. The van der Waals surface area contributed by atoms with Crippen molar-refractivity contribution in [1.29, 1.82) is 0 Å². The highest BCUT2D eigenvalue weighted by Gasteiger charge is 2.17. The fourth-order valence-corrected chi connectivity index (χ4v) is 3.54. The fourth-order valence-electron chi connectivity index (χ4n) is 1.78.